The Bertz CT molecular complexity index is 359. The average molecular weight is 250 g/mol. The second-order valence-corrected chi connectivity index (χ2v) is 6.22. The first-order valence-electron chi connectivity index (χ1n) is 6.46. The predicted molar refractivity (Wildman–Crippen MR) is 75.6 cm³/mol. The van der Waals surface area contributed by atoms with E-state index < -0.39 is 0 Å². The van der Waals surface area contributed by atoms with Crippen molar-refractivity contribution in [3.63, 3.8) is 0 Å². The van der Waals surface area contributed by atoms with Crippen LogP contribution in [0, 0.1) is 0 Å². The second-order valence-electron chi connectivity index (χ2n) is 4.99. The molecule has 17 heavy (non-hydrogen) atoms. The minimum atomic E-state index is 0.453. The summed E-state index contributed by atoms with van der Waals surface area (Å²) in [4.78, 5) is 7.09. The van der Waals surface area contributed by atoms with E-state index in [1.54, 1.807) is 0 Å². The first-order chi connectivity index (χ1) is 8.18. The minimum absolute atomic E-state index is 0.453. The number of aromatic nitrogens is 1. The van der Waals surface area contributed by atoms with Gasteiger partial charge in [-0.25, -0.2) is 0 Å². The van der Waals surface area contributed by atoms with Gasteiger partial charge in [0, 0.05) is 36.8 Å². The van der Waals surface area contributed by atoms with Crippen LogP contribution < -0.4 is 0 Å². The zero-order chi connectivity index (χ0) is 12.3. The van der Waals surface area contributed by atoms with E-state index in [0.29, 0.717) is 12.0 Å². The number of hydrogen-bond donors (Lipinski definition) is 0. The lowest BCUT2D eigenvalue weighted by molar-refractivity contribution is 0.229. The molecule has 1 saturated heterocycles. The Balaban J connectivity index is 2.12. The highest BCUT2D eigenvalue weighted by Crippen LogP contribution is 2.24. The highest BCUT2D eigenvalue weighted by molar-refractivity contribution is 7.99. The van der Waals surface area contributed by atoms with E-state index in [-0.39, 0.29) is 0 Å². The molecule has 0 aliphatic carbocycles. The molecule has 0 aromatic carbocycles. The van der Waals surface area contributed by atoms with Crippen LogP contribution in [0.5, 0.6) is 0 Å². The molecule has 1 aliphatic rings. The molecule has 3 heteroatoms. The Kier molecular flexibility index (Phi) is 4.46. The molecular weight excluding hydrogens is 228 g/mol. The molecule has 2 rings (SSSR count). The van der Waals surface area contributed by atoms with Crippen LogP contribution in [-0.2, 0) is 0 Å². The van der Waals surface area contributed by atoms with Crippen LogP contribution in [0.3, 0.4) is 0 Å². The number of hydrogen-bond acceptors (Lipinski definition) is 3. The molecule has 2 heterocycles. The number of rotatable bonds is 3. The number of pyridine rings is 1. The van der Waals surface area contributed by atoms with Crippen LogP contribution in [0.25, 0.3) is 0 Å². The Hall–Kier alpha value is -0.540. The van der Waals surface area contributed by atoms with Crippen LogP contribution >= 0.6 is 11.8 Å². The van der Waals surface area contributed by atoms with E-state index in [4.69, 9.17) is 0 Å². The fourth-order valence-electron chi connectivity index (χ4n) is 2.20. The predicted octanol–water partition coefficient (Wildman–Crippen LogP) is 3.31. The third-order valence-electron chi connectivity index (χ3n) is 3.49. The van der Waals surface area contributed by atoms with Gasteiger partial charge in [-0.3, -0.25) is 9.88 Å². The molecule has 1 aliphatic heterocycles. The van der Waals surface area contributed by atoms with Crippen molar-refractivity contribution in [1.82, 2.24) is 9.88 Å². The van der Waals surface area contributed by atoms with E-state index in [2.05, 4.69) is 54.5 Å². The van der Waals surface area contributed by atoms with Crippen LogP contribution in [-0.4, -0.2) is 34.5 Å². The summed E-state index contributed by atoms with van der Waals surface area (Å²) in [5.74, 6) is 3.10. The fraction of sp³-hybridized carbons (Fsp3) is 0.643. The van der Waals surface area contributed by atoms with Crippen LogP contribution in [0.4, 0.5) is 0 Å². The second kappa shape index (κ2) is 5.87. The first-order valence-corrected chi connectivity index (χ1v) is 7.61. The smallest absolute Gasteiger partial charge is 0.0575 e. The van der Waals surface area contributed by atoms with Crippen molar-refractivity contribution in [2.45, 2.75) is 32.7 Å². The fourth-order valence-corrected chi connectivity index (χ4v) is 3.14. The van der Waals surface area contributed by atoms with Gasteiger partial charge in [0.15, 0.2) is 0 Å². The maximum atomic E-state index is 4.55. The molecule has 0 N–H and O–H groups in total. The molecule has 2 nitrogen and oxygen atoms in total. The quantitative estimate of drug-likeness (QED) is 0.819. The Morgan fingerprint density at radius 1 is 1.24 bits per heavy atom. The summed E-state index contributed by atoms with van der Waals surface area (Å²) in [5.41, 5.74) is 2.62. The number of nitrogens with zero attached hydrogens (tertiary/aromatic N) is 2. The van der Waals surface area contributed by atoms with E-state index in [0.717, 1.165) is 0 Å². The topological polar surface area (TPSA) is 16.1 Å². The molecule has 0 saturated carbocycles. The van der Waals surface area contributed by atoms with Gasteiger partial charge in [0.25, 0.3) is 0 Å². The van der Waals surface area contributed by atoms with Crippen molar-refractivity contribution >= 4 is 11.8 Å². The summed E-state index contributed by atoms with van der Waals surface area (Å²) >= 11 is 2.06. The van der Waals surface area contributed by atoms with Crippen molar-refractivity contribution in [3.05, 3.63) is 29.6 Å². The van der Waals surface area contributed by atoms with E-state index in [1.807, 2.05) is 6.20 Å². The highest BCUT2D eigenvalue weighted by atomic mass is 32.2. The Labute approximate surface area is 109 Å². The first kappa shape index (κ1) is 12.9. The molecular formula is C14H22N2S. The van der Waals surface area contributed by atoms with Gasteiger partial charge in [0.2, 0.25) is 0 Å². The molecule has 94 valence electrons. The largest absolute Gasteiger partial charge is 0.293 e. The normalized spacial score (nSPS) is 19.5. The SMILES string of the molecule is CC(C)c1ccnc(C(C)N2CCSCC2)c1. The highest BCUT2D eigenvalue weighted by Gasteiger charge is 2.19. The summed E-state index contributed by atoms with van der Waals surface area (Å²) in [6.07, 6.45) is 1.96. The van der Waals surface area contributed by atoms with Crippen LogP contribution in [0.2, 0.25) is 0 Å². The third-order valence-corrected chi connectivity index (χ3v) is 4.44. The zero-order valence-electron chi connectivity index (χ0n) is 11.0. The van der Waals surface area contributed by atoms with Crippen LogP contribution in [0.1, 0.15) is 44.0 Å². The lowest BCUT2D eigenvalue weighted by Crippen LogP contribution is -2.35. The molecule has 0 amide bonds. The van der Waals surface area contributed by atoms with Crippen molar-refractivity contribution in [2.75, 3.05) is 24.6 Å². The van der Waals surface area contributed by atoms with Crippen molar-refractivity contribution in [3.8, 4) is 0 Å². The van der Waals surface area contributed by atoms with Gasteiger partial charge >= 0.3 is 0 Å². The molecule has 0 radical (unpaired) electrons. The van der Waals surface area contributed by atoms with Crippen LogP contribution in [0.15, 0.2) is 18.3 Å². The molecule has 1 fully saturated rings. The molecule has 1 atom stereocenters. The van der Waals surface area contributed by atoms with Crippen molar-refractivity contribution < 1.29 is 0 Å². The average Bonchev–Trinajstić information content (AvgIpc) is 2.39. The van der Waals surface area contributed by atoms with Crippen molar-refractivity contribution in [2.24, 2.45) is 0 Å². The van der Waals surface area contributed by atoms with E-state index >= 15 is 0 Å². The monoisotopic (exact) mass is 250 g/mol. The van der Waals surface area contributed by atoms with Gasteiger partial charge in [-0.1, -0.05) is 13.8 Å². The Morgan fingerprint density at radius 2 is 1.94 bits per heavy atom. The zero-order valence-corrected chi connectivity index (χ0v) is 11.8. The van der Waals surface area contributed by atoms with Gasteiger partial charge < -0.3 is 0 Å². The van der Waals surface area contributed by atoms with Gasteiger partial charge in [0.1, 0.15) is 0 Å². The van der Waals surface area contributed by atoms with Gasteiger partial charge in [-0.15, -0.1) is 0 Å². The van der Waals surface area contributed by atoms with Gasteiger partial charge in [-0.05, 0) is 30.5 Å². The molecule has 0 bridgehead atoms. The van der Waals surface area contributed by atoms with E-state index in [9.17, 15) is 0 Å². The third kappa shape index (κ3) is 3.23. The van der Waals surface area contributed by atoms with Crippen molar-refractivity contribution in [1.29, 1.82) is 0 Å². The van der Waals surface area contributed by atoms with E-state index in [1.165, 1.54) is 35.9 Å². The maximum absolute atomic E-state index is 4.55. The summed E-state index contributed by atoms with van der Waals surface area (Å²) < 4.78 is 0. The molecule has 0 spiro atoms. The standard InChI is InChI=1S/C14H22N2S/c1-11(2)13-4-5-15-14(10-13)12(3)16-6-8-17-9-7-16/h4-5,10-12H,6-9H2,1-3H3. The summed E-state index contributed by atoms with van der Waals surface area (Å²) in [5, 5.41) is 0. The van der Waals surface area contributed by atoms with Gasteiger partial charge in [-0.2, -0.15) is 11.8 Å². The molecule has 1 aromatic heterocycles. The summed E-state index contributed by atoms with van der Waals surface area (Å²) in [6.45, 7) is 9.14. The summed E-state index contributed by atoms with van der Waals surface area (Å²) in [7, 11) is 0. The maximum Gasteiger partial charge on any atom is 0.0575 e. The molecule has 1 unspecified atom stereocenters. The lowest BCUT2D eigenvalue weighted by Gasteiger charge is -2.31. The van der Waals surface area contributed by atoms with Gasteiger partial charge in [0.05, 0.1) is 5.69 Å². The number of thioether (sulfide) groups is 1. The minimum Gasteiger partial charge on any atom is -0.293 e. The molecule has 1 aromatic rings. The lowest BCUT2D eigenvalue weighted by atomic mass is 10.0. The summed E-state index contributed by atoms with van der Waals surface area (Å²) in [6, 6.07) is 4.86. The Morgan fingerprint density at radius 3 is 2.59 bits per heavy atom.